The van der Waals surface area contributed by atoms with Gasteiger partial charge in [-0.2, -0.15) is 0 Å². The van der Waals surface area contributed by atoms with Gasteiger partial charge >= 0.3 is 6.09 Å². The van der Waals surface area contributed by atoms with Crippen LogP contribution in [0.1, 0.15) is 82.8 Å². The van der Waals surface area contributed by atoms with Crippen molar-refractivity contribution in [3.05, 3.63) is 82.1 Å². The number of ether oxygens (including phenoxy) is 1. The smallest absolute Gasteiger partial charge is 0.410 e. The van der Waals surface area contributed by atoms with Gasteiger partial charge < -0.3 is 24.2 Å². The number of rotatable bonds is 7. The minimum atomic E-state index is -1.15. The summed E-state index contributed by atoms with van der Waals surface area (Å²) in [5, 5.41) is 13.2. The number of aliphatic hydroxyl groups is 1. The van der Waals surface area contributed by atoms with E-state index in [1.54, 1.807) is 16.5 Å². The minimum absolute atomic E-state index is 0.0515. The summed E-state index contributed by atoms with van der Waals surface area (Å²) in [6, 6.07) is 19.5. The van der Waals surface area contributed by atoms with Crippen LogP contribution in [0.25, 0.3) is 10.9 Å². The molecule has 8 heteroatoms. The first kappa shape index (κ1) is 31.8. The maximum atomic E-state index is 14.3. The van der Waals surface area contributed by atoms with Crippen molar-refractivity contribution in [1.82, 2.24) is 14.4 Å². The average Bonchev–Trinajstić information content (AvgIpc) is 3.01. The van der Waals surface area contributed by atoms with Gasteiger partial charge in [-0.1, -0.05) is 67.8 Å². The minimum Gasteiger partial charge on any atom is -0.444 e. The summed E-state index contributed by atoms with van der Waals surface area (Å²) in [5.41, 5.74) is 0.476. The summed E-state index contributed by atoms with van der Waals surface area (Å²) in [5.74, 6) is -0.440. The third kappa shape index (κ3) is 7.17. The largest absolute Gasteiger partial charge is 0.444 e. The first-order valence-corrected chi connectivity index (χ1v) is 16.1. The van der Waals surface area contributed by atoms with Gasteiger partial charge in [0, 0.05) is 44.1 Å². The number of carbonyl (C=O) groups excluding carboxylic acids is 2. The van der Waals surface area contributed by atoms with Crippen LogP contribution in [0, 0.1) is 5.92 Å². The number of fused-ring (bicyclic) bond motifs is 1. The highest BCUT2D eigenvalue weighted by molar-refractivity contribution is 5.81. The molecule has 2 aromatic carbocycles. The molecular formula is C36H47N3O5. The van der Waals surface area contributed by atoms with Crippen LogP contribution in [0.4, 0.5) is 4.79 Å². The van der Waals surface area contributed by atoms with Crippen molar-refractivity contribution >= 4 is 22.9 Å². The van der Waals surface area contributed by atoms with Crippen molar-refractivity contribution in [1.29, 1.82) is 0 Å². The molecule has 1 aliphatic heterocycles. The molecular weight excluding hydrogens is 554 g/mol. The molecule has 1 N–H and O–H groups in total. The Balaban J connectivity index is 1.47. The molecule has 8 nitrogen and oxygen atoms in total. The van der Waals surface area contributed by atoms with Gasteiger partial charge in [0.25, 0.3) is 5.56 Å². The molecule has 44 heavy (non-hydrogen) atoms. The number of hydrogen-bond acceptors (Lipinski definition) is 5. The molecule has 1 aliphatic carbocycles. The van der Waals surface area contributed by atoms with Crippen molar-refractivity contribution in [2.45, 2.75) is 89.4 Å². The van der Waals surface area contributed by atoms with E-state index in [0.29, 0.717) is 31.5 Å². The molecule has 2 amide bonds. The normalized spacial score (nSPS) is 18.2. The molecule has 1 unspecified atom stereocenters. The van der Waals surface area contributed by atoms with E-state index in [-0.39, 0.29) is 36.6 Å². The predicted octanol–water partition coefficient (Wildman–Crippen LogP) is 5.99. The van der Waals surface area contributed by atoms with Gasteiger partial charge in [-0.05, 0) is 69.5 Å². The summed E-state index contributed by atoms with van der Waals surface area (Å²) in [7, 11) is 1.77. The third-order valence-electron chi connectivity index (χ3n) is 9.37. The van der Waals surface area contributed by atoms with E-state index >= 15 is 0 Å². The average molecular weight is 602 g/mol. The summed E-state index contributed by atoms with van der Waals surface area (Å²) in [6.07, 6.45) is 5.20. The SMILES string of the molecule is Cn1c(=O)c(CN(CC(c2ccccc2)C2(O)CCN(C(=O)OC(C)(C)C)CC2)C(=O)C2CCCCC2)cc2ccccc21. The van der Waals surface area contributed by atoms with Crippen LogP contribution >= 0.6 is 0 Å². The molecule has 3 aromatic rings. The van der Waals surface area contributed by atoms with Crippen LogP contribution in [0.3, 0.4) is 0 Å². The predicted molar refractivity (Wildman–Crippen MR) is 172 cm³/mol. The van der Waals surface area contributed by atoms with E-state index in [4.69, 9.17) is 4.74 Å². The van der Waals surface area contributed by atoms with Crippen LogP contribution < -0.4 is 5.56 Å². The highest BCUT2D eigenvalue weighted by atomic mass is 16.6. The number of amides is 2. The fourth-order valence-corrected chi connectivity index (χ4v) is 6.89. The monoisotopic (exact) mass is 601 g/mol. The number of aryl methyl sites for hydroxylation is 1. The van der Waals surface area contributed by atoms with Crippen LogP contribution in [0.5, 0.6) is 0 Å². The molecule has 0 spiro atoms. The lowest BCUT2D eigenvalue weighted by Gasteiger charge is -2.45. The van der Waals surface area contributed by atoms with Crippen LogP contribution in [0.2, 0.25) is 0 Å². The van der Waals surface area contributed by atoms with Gasteiger partial charge in [-0.15, -0.1) is 0 Å². The van der Waals surface area contributed by atoms with E-state index in [1.165, 1.54) is 0 Å². The van der Waals surface area contributed by atoms with E-state index in [9.17, 15) is 19.5 Å². The topological polar surface area (TPSA) is 92.1 Å². The second kappa shape index (κ2) is 13.1. The summed E-state index contributed by atoms with van der Waals surface area (Å²) in [4.78, 5) is 44.1. The Morgan fingerprint density at radius 1 is 1.00 bits per heavy atom. The van der Waals surface area contributed by atoms with E-state index < -0.39 is 17.1 Å². The molecule has 1 aromatic heterocycles. The lowest BCUT2D eigenvalue weighted by atomic mass is 9.75. The van der Waals surface area contributed by atoms with Crippen LogP contribution in [0.15, 0.2) is 65.5 Å². The second-order valence-corrected chi connectivity index (χ2v) is 13.7. The zero-order valence-electron chi connectivity index (χ0n) is 26.6. The zero-order valence-corrected chi connectivity index (χ0v) is 26.6. The van der Waals surface area contributed by atoms with E-state index in [2.05, 4.69) is 0 Å². The summed E-state index contributed by atoms with van der Waals surface area (Å²) < 4.78 is 7.25. The summed E-state index contributed by atoms with van der Waals surface area (Å²) >= 11 is 0. The Labute approximate surface area is 260 Å². The number of carbonyl (C=O) groups is 2. The van der Waals surface area contributed by atoms with Crippen molar-refractivity contribution in [3.63, 3.8) is 0 Å². The molecule has 0 bridgehead atoms. The third-order valence-corrected chi connectivity index (χ3v) is 9.37. The molecule has 1 atom stereocenters. The number of hydrogen-bond donors (Lipinski definition) is 1. The quantitative estimate of drug-likeness (QED) is 0.359. The highest BCUT2D eigenvalue weighted by Gasteiger charge is 2.44. The molecule has 236 valence electrons. The van der Waals surface area contributed by atoms with Crippen LogP contribution in [-0.2, 0) is 23.1 Å². The lowest BCUT2D eigenvalue weighted by molar-refractivity contribution is -0.139. The number of benzene rings is 2. The number of likely N-dealkylation sites (tertiary alicyclic amines) is 1. The number of pyridine rings is 1. The Kier molecular flexibility index (Phi) is 9.49. The van der Waals surface area contributed by atoms with Crippen LogP contribution in [-0.4, -0.2) is 62.3 Å². The van der Waals surface area contributed by atoms with Gasteiger partial charge in [0.1, 0.15) is 5.60 Å². The van der Waals surface area contributed by atoms with Gasteiger partial charge in [0.05, 0.1) is 17.7 Å². The summed E-state index contributed by atoms with van der Waals surface area (Å²) in [6.45, 7) is 6.70. The second-order valence-electron chi connectivity index (χ2n) is 13.7. The molecule has 0 radical (unpaired) electrons. The van der Waals surface area contributed by atoms with Gasteiger partial charge in [-0.25, -0.2) is 4.79 Å². The highest BCUT2D eigenvalue weighted by Crippen LogP contribution is 2.39. The van der Waals surface area contributed by atoms with Crippen molar-refractivity contribution in [3.8, 4) is 0 Å². The fraction of sp³-hybridized carbons (Fsp3) is 0.528. The number of aromatic nitrogens is 1. The molecule has 1 saturated carbocycles. The Bertz CT molecular complexity index is 1510. The fourth-order valence-electron chi connectivity index (χ4n) is 6.89. The molecule has 1 saturated heterocycles. The maximum Gasteiger partial charge on any atom is 0.410 e. The first-order chi connectivity index (χ1) is 20.9. The molecule has 5 rings (SSSR count). The van der Waals surface area contributed by atoms with Crippen molar-refractivity contribution < 1.29 is 19.4 Å². The Morgan fingerprint density at radius 2 is 1.64 bits per heavy atom. The maximum absolute atomic E-state index is 14.3. The number of para-hydroxylation sites is 1. The van der Waals surface area contributed by atoms with Crippen molar-refractivity contribution in [2.75, 3.05) is 19.6 Å². The number of nitrogens with zero attached hydrogens (tertiary/aromatic N) is 3. The Hall–Kier alpha value is -3.65. The van der Waals surface area contributed by atoms with Gasteiger partial charge in [0.2, 0.25) is 5.91 Å². The molecule has 2 aliphatic rings. The first-order valence-electron chi connectivity index (χ1n) is 16.1. The molecule has 2 heterocycles. The lowest BCUT2D eigenvalue weighted by Crippen LogP contribution is -2.53. The van der Waals surface area contributed by atoms with E-state index in [1.807, 2.05) is 86.3 Å². The van der Waals surface area contributed by atoms with Gasteiger partial charge in [-0.3, -0.25) is 9.59 Å². The number of piperidine rings is 1. The zero-order chi connectivity index (χ0) is 31.5. The molecule has 2 fully saturated rings. The van der Waals surface area contributed by atoms with Gasteiger partial charge in [0.15, 0.2) is 0 Å². The van der Waals surface area contributed by atoms with E-state index in [0.717, 1.165) is 48.6 Å². The Morgan fingerprint density at radius 3 is 2.30 bits per heavy atom. The standard InChI is InChI=1S/C36H47N3O5/c1-35(2,3)44-34(42)38-21-19-36(43,20-22-38)30(26-13-7-5-8-14-26)25-39(33(41)27-15-9-6-10-16-27)24-29-23-28-17-11-12-18-31(28)37(4)32(29)40/h5,7-8,11-14,17-18,23,27,30,43H,6,9-10,15-16,19-22,24-25H2,1-4H3. The van der Waals surface area contributed by atoms with Crippen molar-refractivity contribution in [2.24, 2.45) is 13.0 Å².